The van der Waals surface area contributed by atoms with Crippen molar-refractivity contribution in [2.75, 3.05) is 0 Å². The first kappa shape index (κ1) is 14.3. The molecule has 0 bridgehead atoms. The van der Waals surface area contributed by atoms with Gasteiger partial charge < -0.3 is 20.8 Å². The van der Waals surface area contributed by atoms with Crippen LogP contribution in [0.3, 0.4) is 0 Å². The van der Waals surface area contributed by atoms with Crippen molar-refractivity contribution in [3.05, 3.63) is 59.4 Å². The number of hydrogen-bond donors (Lipinski definition) is 4. The van der Waals surface area contributed by atoms with Gasteiger partial charge in [0.15, 0.2) is 0 Å². The Morgan fingerprint density at radius 3 is 2.55 bits per heavy atom. The number of nitrogens with two attached hydrogens (primary N) is 1. The first-order chi connectivity index (χ1) is 10.5. The molecule has 0 atom stereocenters. The van der Waals surface area contributed by atoms with E-state index in [2.05, 4.69) is 9.97 Å². The second-order valence-corrected chi connectivity index (χ2v) is 5.12. The van der Waals surface area contributed by atoms with Crippen LogP contribution in [0, 0.1) is 0 Å². The molecule has 0 unspecified atom stereocenters. The van der Waals surface area contributed by atoms with E-state index in [4.69, 9.17) is 15.8 Å². The Morgan fingerprint density at radius 2 is 1.91 bits per heavy atom. The molecule has 22 heavy (non-hydrogen) atoms. The van der Waals surface area contributed by atoms with Crippen molar-refractivity contribution >= 4 is 29.5 Å². The molecule has 0 saturated heterocycles. The summed E-state index contributed by atoms with van der Waals surface area (Å²) in [6.45, 7) is 0. The highest BCUT2D eigenvalue weighted by atomic mass is 16.4. The van der Waals surface area contributed by atoms with Gasteiger partial charge in [-0.05, 0) is 35.1 Å². The number of aromatic nitrogens is 2. The maximum absolute atomic E-state index is 11.2. The number of aromatic amines is 1. The van der Waals surface area contributed by atoms with E-state index in [0.29, 0.717) is 23.2 Å². The van der Waals surface area contributed by atoms with Crippen molar-refractivity contribution in [2.24, 2.45) is 5.73 Å². The van der Waals surface area contributed by atoms with Gasteiger partial charge in [-0.1, -0.05) is 24.3 Å². The van der Waals surface area contributed by atoms with Gasteiger partial charge in [-0.25, -0.2) is 4.98 Å². The molecule has 110 valence electrons. The Morgan fingerprint density at radius 1 is 1.18 bits per heavy atom. The minimum Gasteiger partial charge on any atom is -0.423 e. The minimum atomic E-state index is -1.46. The lowest BCUT2D eigenvalue weighted by molar-refractivity contribution is 0.0996. The van der Waals surface area contributed by atoms with E-state index in [-0.39, 0.29) is 0 Å². The topological polar surface area (TPSA) is 112 Å². The van der Waals surface area contributed by atoms with Gasteiger partial charge >= 0.3 is 7.12 Å². The fourth-order valence-electron chi connectivity index (χ4n) is 2.33. The summed E-state index contributed by atoms with van der Waals surface area (Å²) in [7, 11) is -1.46. The summed E-state index contributed by atoms with van der Waals surface area (Å²) in [5.41, 5.74) is 8.66. The number of fused-ring (bicyclic) bond motifs is 1. The number of pyridine rings is 1. The highest BCUT2D eigenvalue weighted by Gasteiger charge is 2.10. The Bertz CT molecular complexity index is 828. The van der Waals surface area contributed by atoms with Crippen LogP contribution in [-0.4, -0.2) is 33.0 Å². The van der Waals surface area contributed by atoms with Gasteiger partial charge in [0.1, 0.15) is 11.3 Å². The molecule has 2 aromatic heterocycles. The Kier molecular flexibility index (Phi) is 3.66. The van der Waals surface area contributed by atoms with E-state index < -0.39 is 13.0 Å². The average Bonchev–Trinajstić information content (AvgIpc) is 2.91. The fourth-order valence-corrected chi connectivity index (χ4v) is 2.33. The maximum Gasteiger partial charge on any atom is 0.488 e. The first-order valence-corrected chi connectivity index (χ1v) is 6.75. The number of hydrogen-bond acceptors (Lipinski definition) is 4. The Balaban J connectivity index is 1.85. The highest BCUT2D eigenvalue weighted by molar-refractivity contribution is 6.58. The van der Waals surface area contributed by atoms with Crippen LogP contribution in [0.5, 0.6) is 0 Å². The summed E-state index contributed by atoms with van der Waals surface area (Å²) < 4.78 is 0. The number of amides is 1. The lowest BCUT2D eigenvalue weighted by atomic mass is 9.80. The van der Waals surface area contributed by atoms with Crippen LogP contribution in [0.1, 0.15) is 21.6 Å². The van der Waals surface area contributed by atoms with Crippen molar-refractivity contribution in [3.8, 4) is 0 Å². The quantitative estimate of drug-likeness (QED) is 0.505. The number of carbonyl (C=O) groups excluding carboxylic acids is 1. The van der Waals surface area contributed by atoms with Crippen molar-refractivity contribution < 1.29 is 14.8 Å². The molecular formula is C15H14BN3O3. The first-order valence-electron chi connectivity index (χ1n) is 6.75. The molecule has 2 heterocycles. The second kappa shape index (κ2) is 5.63. The summed E-state index contributed by atoms with van der Waals surface area (Å²) in [5.74, 6) is -0.516. The number of H-pyrrole nitrogens is 1. The molecular weight excluding hydrogens is 281 g/mol. The summed E-state index contributed by atoms with van der Waals surface area (Å²) in [4.78, 5) is 18.3. The third-order valence-corrected chi connectivity index (χ3v) is 3.48. The summed E-state index contributed by atoms with van der Waals surface area (Å²) in [6, 6.07) is 10.6. The van der Waals surface area contributed by atoms with Crippen molar-refractivity contribution in [2.45, 2.75) is 6.42 Å². The smallest absolute Gasteiger partial charge is 0.423 e. The second-order valence-electron chi connectivity index (χ2n) is 5.12. The van der Waals surface area contributed by atoms with E-state index in [1.165, 1.54) is 0 Å². The van der Waals surface area contributed by atoms with Gasteiger partial charge in [0.2, 0.25) is 0 Å². The molecule has 5 N–H and O–H groups in total. The van der Waals surface area contributed by atoms with Crippen molar-refractivity contribution in [1.29, 1.82) is 0 Å². The Labute approximate surface area is 126 Å². The van der Waals surface area contributed by atoms with Crippen LogP contribution in [0.2, 0.25) is 0 Å². The largest absolute Gasteiger partial charge is 0.488 e. The Hall–Kier alpha value is -2.64. The molecule has 3 rings (SSSR count). The van der Waals surface area contributed by atoms with Gasteiger partial charge in [0, 0.05) is 11.6 Å². The molecule has 7 heteroatoms. The van der Waals surface area contributed by atoms with E-state index in [1.54, 1.807) is 24.4 Å². The highest BCUT2D eigenvalue weighted by Crippen LogP contribution is 2.16. The third kappa shape index (κ3) is 2.85. The van der Waals surface area contributed by atoms with Gasteiger partial charge in [-0.3, -0.25) is 4.79 Å². The molecule has 1 amide bonds. The minimum absolute atomic E-state index is 0.334. The zero-order valence-electron chi connectivity index (χ0n) is 11.7. The van der Waals surface area contributed by atoms with E-state index >= 15 is 0 Å². The monoisotopic (exact) mass is 295 g/mol. The SMILES string of the molecule is NC(=O)c1cc2cc(Cc3ccc(B(O)O)cc3)cnc2[nH]1. The normalized spacial score (nSPS) is 10.8. The van der Waals surface area contributed by atoms with Gasteiger partial charge in [0.05, 0.1) is 0 Å². The number of nitrogens with one attached hydrogen (secondary N) is 1. The van der Waals surface area contributed by atoms with Crippen molar-refractivity contribution in [3.63, 3.8) is 0 Å². The molecule has 0 aliphatic heterocycles. The predicted molar refractivity (Wildman–Crippen MR) is 83.7 cm³/mol. The molecule has 0 radical (unpaired) electrons. The average molecular weight is 295 g/mol. The van der Waals surface area contributed by atoms with Crippen LogP contribution in [0.4, 0.5) is 0 Å². The fraction of sp³-hybridized carbons (Fsp3) is 0.0667. The van der Waals surface area contributed by atoms with Crippen LogP contribution in [-0.2, 0) is 6.42 Å². The van der Waals surface area contributed by atoms with Gasteiger partial charge in [-0.2, -0.15) is 0 Å². The van der Waals surface area contributed by atoms with E-state index in [0.717, 1.165) is 16.5 Å². The molecule has 0 spiro atoms. The lowest BCUT2D eigenvalue weighted by Crippen LogP contribution is -2.29. The molecule has 0 fully saturated rings. The van der Waals surface area contributed by atoms with Crippen LogP contribution >= 0.6 is 0 Å². The van der Waals surface area contributed by atoms with Crippen molar-refractivity contribution in [1.82, 2.24) is 9.97 Å². The van der Waals surface area contributed by atoms with Gasteiger partial charge in [-0.15, -0.1) is 0 Å². The maximum atomic E-state index is 11.2. The zero-order chi connectivity index (χ0) is 15.7. The van der Waals surface area contributed by atoms with Crippen LogP contribution in [0.25, 0.3) is 11.0 Å². The molecule has 0 aliphatic rings. The third-order valence-electron chi connectivity index (χ3n) is 3.48. The molecule has 0 aliphatic carbocycles. The van der Waals surface area contributed by atoms with E-state index in [1.807, 2.05) is 18.2 Å². The predicted octanol–water partition coefficient (Wildman–Crippen LogP) is -0.0676. The summed E-state index contributed by atoms with van der Waals surface area (Å²) in [5, 5.41) is 19.0. The molecule has 3 aromatic rings. The number of carbonyl (C=O) groups is 1. The summed E-state index contributed by atoms with van der Waals surface area (Å²) in [6.07, 6.45) is 2.39. The zero-order valence-corrected chi connectivity index (χ0v) is 11.7. The molecule has 0 saturated carbocycles. The lowest BCUT2D eigenvalue weighted by Gasteiger charge is -2.04. The number of nitrogens with zero attached hydrogens (tertiary/aromatic N) is 1. The standard InChI is InChI=1S/C15H14BN3O3/c17-14(20)13-7-11-6-10(8-18-15(11)19-13)5-9-1-3-12(4-2-9)16(21)22/h1-4,6-8,21-22H,5H2,(H2,17,20)(H,18,19). The van der Waals surface area contributed by atoms with E-state index in [9.17, 15) is 4.79 Å². The molecule has 1 aromatic carbocycles. The molecule has 6 nitrogen and oxygen atoms in total. The van der Waals surface area contributed by atoms with Crippen LogP contribution < -0.4 is 11.2 Å². The van der Waals surface area contributed by atoms with Crippen LogP contribution in [0.15, 0.2) is 42.6 Å². The number of benzene rings is 1. The van der Waals surface area contributed by atoms with Gasteiger partial charge in [0.25, 0.3) is 5.91 Å². The summed E-state index contributed by atoms with van der Waals surface area (Å²) >= 11 is 0. The number of rotatable bonds is 4. The number of primary amides is 1.